The van der Waals surface area contributed by atoms with Crippen LogP contribution in [0.5, 0.6) is 0 Å². The van der Waals surface area contributed by atoms with E-state index in [-0.39, 0.29) is 6.61 Å². The topological polar surface area (TPSA) is 71.0 Å². The monoisotopic (exact) mass is 143 g/mol. The van der Waals surface area contributed by atoms with Gasteiger partial charge >= 0.3 is 0 Å². The first-order valence-electron chi connectivity index (χ1n) is 2.87. The highest BCUT2D eigenvalue weighted by atomic mass is 16.5. The minimum absolute atomic E-state index is 0.243. The fraction of sp³-hybridized carbons (Fsp3) is 0.600. The van der Waals surface area contributed by atoms with Crippen LogP contribution in [0.2, 0.25) is 0 Å². The van der Waals surface area contributed by atoms with Gasteiger partial charge in [0.2, 0.25) is 0 Å². The highest BCUT2D eigenvalue weighted by Gasteiger charge is 2.08. The molecule has 0 aliphatic heterocycles. The van der Waals surface area contributed by atoms with Gasteiger partial charge in [0.05, 0.1) is 12.8 Å². The second-order valence-corrected chi connectivity index (χ2v) is 1.87. The number of hydrogen-bond acceptors (Lipinski definition) is 4. The van der Waals surface area contributed by atoms with Crippen molar-refractivity contribution in [2.45, 2.75) is 6.10 Å². The van der Waals surface area contributed by atoms with Crippen molar-refractivity contribution in [2.75, 3.05) is 13.7 Å². The number of aliphatic hydroxyl groups excluding tert-OH is 1. The molecule has 0 aliphatic rings. The maximum Gasteiger partial charge on any atom is 0.123 e. The van der Waals surface area contributed by atoms with Crippen LogP contribution in [0.4, 0.5) is 0 Å². The molecule has 1 atom stereocenters. The SMILES string of the molecule is COC[C@@H](O)c1cn[nH]n1. The molecule has 1 heterocycles. The van der Waals surface area contributed by atoms with E-state index in [1.54, 1.807) is 0 Å². The van der Waals surface area contributed by atoms with Crippen LogP contribution in [-0.2, 0) is 4.74 Å². The Balaban J connectivity index is 2.50. The van der Waals surface area contributed by atoms with Crippen LogP contribution in [0, 0.1) is 0 Å². The van der Waals surface area contributed by atoms with E-state index in [2.05, 4.69) is 15.4 Å². The predicted molar refractivity (Wildman–Crippen MR) is 33.2 cm³/mol. The third-order valence-electron chi connectivity index (χ3n) is 1.10. The Bertz CT molecular complexity index is 175. The second-order valence-electron chi connectivity index (χ2n) is 1.87. The first kappa shape index (κ1) is 7.17. The smallest absolute Gasteiger partial charge is 0.123 e. The molecule has 0 saturated carbocycles. The molecule has 56 valence electrons. The molecule has 0 aliphatic carbocycles. The molecule has 0 saturated heterocycles. The van der Waals surface area contributed by atoms with Gasteiger partial charge in [-0.1, -0.05) is 0 Å². The Hall–Kier alpha value is -0.940. The fourth-order valence-corrected chi connectivity index (χ4v) is 0.614. The van der Waals surface area contributed by atoms with Gasteiger partial charge in [-0.25, -0.2) is 0 Å². The number of H-pyrrole nitrogens is 1. The molecule has 0 aromatic carbocycles. The zero-order chi connectivity index (χ0) is 7.40. The molecule has 0 unspecified atom stereocenters. The van der Waals surface area contributed by atoms with Crippen LogP contribution in [-0.4, -0.2) is 34.2 Å². The van der Waals surface area contributed by atoms with Crippen molar-refractivity contribution in [3.63, 3.8) is 0 Å². The molecule has 1 aromatic rings. The van der Waals surface area contributed by atoms with Gasteiger partial charge in [0.25, 0.3) is 0 Å². The number of nitrogens with one attached hydrogen (secondary N) is 1. The molecular weight excluding hydrogens is 134 g/mol. The van der Waals surface area contributed by atoms with Gasteiger partial charge in [0, 0.05) is 7.11 Å². The molecule has 5 heteroatoms. The van der Waals surface area contributed by atoms with Crippen LogP contribution in [0.15, 0.2) is 6.20 Å². The Morgan fingerprint density at radius 2 is 2.70 bits per heavy atom. The van der Waals surface area contributed by atoms with Gasteiger partial charge < -0.3 is 9.84 Å². The fourth-order valence-electron chi connectivity index (χ4n) is 0.614. The van der Waals surface area contributed by atoms with E-state index in [0.717, 1.165) is 0 Å². The number of ether oxygens (including phenoxy) is 1. The number of methoxy groups -OCH3 is 1. The summed E-state index contributed by atoms with van der Waals surface area (Å²) in [7, 11) is 1.52. The molecule has 1 rings (SSSR count). The molecule has 0 bridgehead atoms. The first-order chi connectivity index (χ1) is 4.84. The molecule has 1 aromatic heterocycles. The molecule has 0 spiro atoms. The van der Waals surface area contributed by atoms with E-state index in [1.807, 2.05) is 0 Å². The molecule has 5 nitrogen and oxygen atoms in total. The van der Waals surface area contributed by atoms with Crippen LogP contribution in [0.25, 0.3) is 0 Å². The van der Waals surface area contributed by atoms with E-state index in [4.69, 9.17) is 9.84 Å². The summed E-state index contributed by atoms with van der Waals surface area (Å²) in [5, 5.41) is 18.8. The van der Waals surface area contributed by atoms with E-state index in [1.165, 1.54) is 13.3 Å². The molecule has 0 fully saturated rings. The van der Waals surface area contributed by atoms with Gasteiger partial charge in [0.1, 0.15) is 11.8 Å². The Morgan fingerprint density at radius 1 is 1.90 bits per heavy atom. The highest BCUT2D eigenvalue weighted by Crippen LogP contribution is 2.05. The largest absolute Gasteiger partial charge is 0.384 e. The summed E-state index contributed by atoms with van der Waals surface area (Å²) < 4.78 is 4.70. The summed E-state index contributed by atoms with van der Waals surface area (Å²) in [6.45, 7) is 0.243. The van der Waals surface area contributed by atoms with Crippen molar-refractivity contribution >= 4 is 0 Å². The second kappa shape index (κ2) is 3.28. The zero-order valence-corrected chi connectivity index (χ0v) is 5.61. The Morgan fingerprint density at radius 3 is 3.20 bits per heavy atom. The summed E-state index contributed by atoms with van der Waals surface area (Å²) in [5.74, 6) is 0. The van der Waals surface area contributed by atoms with Crippen molar-refractivity contribution in [1.82, 2.24) is 15.4 Å². The van der Waals surface area contributed by atoms with Crippen molar-refractivity contribution in [1.29, 1.82) is 0 Å². The number of rotatable bonds is 3. The predicted octanol–water partition coefficient (Wildman–Crippen LogP) is -0.516. The maximum absolute atomic E-state index is 9.16. The van der Waals surface area contributed by atoms with Crippen molar-refractivity contribution < 1.29 is 9.84 Å². The van der Waals surface area contributed by atoms with Crippen LogP contribution in [0.3, 0.4) is 0 Å². The number of hydrogen-bond donors (Lipinski definition) is 2. The Labute approximate surface area is 58.0 Å². The first-order valence-corrected chi connectivity index (χ1v) is 2.87. The van der Waals surface area contributed by atoms with Gasteiger partial charge in [-0.2, -0.15) is 15.4 Å². The lowest BCUT2D eigenvalue weighted by atomic mass is 10.3. The third-order valence-corrected chi connectivity index (χ3v) is 1.10. The quantitative estimate of drug-likeness (QED) is 0.597. The van der Waals surface area contributed by atoms with Crippen molar-refractivity contribution in [2.24, 2.45) is 0 Å². The van der Waals surface area contributed by atoms with Crippen LogP contribution < -0.4 is 0 Å². The highest BCUT2D eigenvalue weighted by molar-refractivity contribution is 4.95. The zero-order valence-electron chi connectivity index (χ0n) is 5.61. The number of aromatic amines is 1. The van der Waals surface area contributed by atoms with E-state index in [0.29, 0.717) is 5.69 Å². The normalized spacial score (nSPS) is 13.4. The summed E-state index contributed by atoms with van der Waals surface area (Å²) in [6.07, 6.45) is 0.785. The van der Waals surface area contributed by atoms with E-state index < -0.39 is 6.10 Å². The molecule has 0 amide bonds. The van der Waals surface area contributed by atoms with Gasteiger partial charge in [0.15, 0.2) is 0 Å². The third kappa shape index (κ3) is 1.52. The number of aliphatic hydroxyl groups is 1. The molecule has 10 heavy (non-hydrogen) atoms. The summed E-state index contributed by atoms with van der Waals surface area (Å²) in [6, 6.07) is 0. The average molecular weight is 143 g/mol. The maximum atomic E-state index is 9.16. The molecule has 2 N–H and O–H groups in total. The van der Waals surface area contributed by atoms with Gasteiger partial charge in [-0.05, 0) is 0 Å². The van der Waals surface area contributed by atoms with Gasteiger partial charge in [-0.15, -0.1) is 0 Å². The molecule has 0 radical (unpaired) electrons. The van der Waals surface area contributed by atoms with E-state index in [9.17, 15) is 0 Å². The van der Waals surface area contributed by atoms with E-state index >= 15 is 0 Å². The van der Waals surface area contributed by atoms with Crippen LogP contribution in [0.1, 0.15) is 11.8 Å². The summed E-state index contributed by atoms with van der Waals surface area (Å²) in [5.41, 5.74) is 0.502. The van der Waals surface area contributed by atoms with Crippen molar-refractivity contribution in [3.8, 4) is 0 Å². The van der Waals surface area contributed by atoms with Gasteiger partial charge in [-0.3, -0.25) is 0 Å². The number of aromatic nitrogens is 3. The Kier molecular flexibility index (Phi) is 2.35. The lowest BCUT2D eigenvalue weighted by Gasteiger charge is -2.02. The standard InChI is InChI=1S/C5H9N3O2/c1-10-3-5(9)4-2-6-8-7-4/h2,5,9H,3H2,1H3,(H,6,7,8)/t5-/m1/s1. The minimum atomic E-state index is -0.677. The van der Waals surface area contributed by atoms with Crippen LogP contribution >= 0.6 is 0 Å². The average Bonchev–Trinajstić information content (AvgIpc) is 2.38. The number of nitrogens with zero attached hydrogens (tertiary/aromatic N) is 2. The molecular formula is C5H9N3O2. The lowest BCUT2D eigenvalue weighted by molar-refractivity contribution is 0.0616. The summed E-state index contributed by atoms with van der Waals surface area (Å²) in [4.78, 5) is 0. The lowest BCUT2D eigenvalue weighted by Crippen LogP contribution is -2.05. The summed E-state index contributed by atoms with van der Waals surface area (Å²) >= 11 is 0. The minimum Gasteiger partial charge on any atom is -0.384 e. The van der Waals surface area contributed by atoms with Crippen molar-refractivity contribution in [3.05, 3.63) is 11.9 Å².